The zero-order valence-electron chi connectivity index (χ0n) is 16.6. The molecule has 0 saturated carbocycles. The van der Waals surface area contributed by atoms with Crippen molar-refractivity contribution in [1.29, 1.82) is 0 Å². The van der Waals surface area contributed by atoms with Crippen molar-refractivity contribution in [3.05, 3.63) is 65.7 Å². The highest BCUT2D eigenvalue weighted by Crippen LogP contribution is 2.19. The fourth-order valence-corrected chi connectivity index (χ4v) is 5.68. The summed E-state index contributed by atoms with van der Waals surface area (Å²) in [5.74, 6) is 0. The molecule has 2 aromatic rings. The second-order valence-electron chi connectivity index (χ2n) is 7.58. The molecule has 1 aliphatic heterocycles. The first-order chi connectivity index (χ1) is 13.7. The average molecular weight is 437 g/mol. The molecule has 2 aromatic carbocycles. The molecule has 0 amide bonds. The number of piperidine rings is 1. The summed E-state index contributed by atoms with van der Waals surface area (Å²) in [6, 6.07) is 16.7. The lowest BCUT2D eigenvalue weighted by molar-refractivity contribution is 0.222. The number of sulfone groups is 1. The predicted molar refractivity (Wildman–Crippen MR) is 115 cm³/mol. The van der Waals surface area contributed by atoms with E-state index in [1.165, 1.54) is 6.26 Å². The van der Waals surface area contributed by atoms with E-state index in [2.05, 4.69) is 9.62 Å². The van der Waals surface area contributed by atoms with Gasteiger partial charge in [0, 0.05) is 19.3 Å². The second kappa shape index (κ2) is 9.38. The van der Waals surface area contributed by atoms with E-state index in [-0.39, 0.29) is 10.1 Å². The Morgan fingerprint density at radius 3 is 2.10 bits per heavy atom. The zero-order valence-corrected chi connectivity index (χ0v) is 18.3. The van der Waals surface area contributed by atoms with Crippen molar-refractivity contribution in [3.63, 3.8) is 0 Å². The largest absolute Gasteiger partial charge is 0.299 e. The van der Waals surface area contributed by atoms with E-state index < -0.39 is 19.9 Å². The summed E-state index contributed by atoms with van der Waals surface area (Å²) in [4.78, 5) is 2.47. The molecule has 0 radical (unpaired) electrons. The number of likely N-dealkylation sites (tertiary alicyclic amines) is 1. The smallest absolute Gasteiger partial charge is 0.240 e. The van der Waals surface area contributed by atoms with E-state index in [4.69, 9.17) is 0 Å². The van der Waals surface area contributed by atoms with E-state index >= 15 is 0 Å². The van der Waals surface area contributed by atoms with Gasteiger partial charge in [0.1, 0.15) is 9.84 Å². The fraction of sp³-hybridized carbons (Fsp3) is 0.429. The van der Waals surface area contributed by atoms with E-state index in [0.29, 0.717) is 32.4 Å². The van der Waals surface area contributed by atoms with Crippen LogP contribution in [0.4, 0.5) is 0 Å². The Bertz CT molecular complexity index is 996. The van der Waals surface area contributed by atoms with Crippen molar-refractivity contribution < 1.29 is 16.8 Å². The summed E-state index contributed by atoms with van der Waals surface area (Å²) in [5, 5.41) is -0.242. The maximum Gasteiger partial charge on any atom is 0.240 e. The Labute approximate surface area is 173 Å². The van der Waals surface area contributed by atoms with Crippen molar-refractivity contribution in [1.82, 2.24) is 9.62 Å². The standard InChI is InChI=1S/C21H28N2O4S2/c1-28(24,25)20-12-15-23(16-13-20)17-19-7-9-21(10-8-19)29(26,27)22-14-11-18-5-3-2-4-6-18/h2-10,20,22H,11-17H2,1H3. The van der Waals surface area contributed by atoms with Crippen LogP contribution in [0.15, 0.2) is 59.5 Å². The summed E-state index contributed by atoms with van der Waals surface area (Å²) in [6.45, 7) is 2.51. The highest BCUT2D eigenvalue weighted by molar-refractivity contribution is 7.91. The molecule has 0 aliphatic carbocycles. The first-order valence-corrected chi connectivity index (χ1v) is 13.2. The van der Waals surface area contributed by atoms with E-state index in [1.807, 2.05) is 42.5 Å². The molecule has 1 saturated heterocycles. The minimum Gasteiger partial charge on any atom is -0.299 e. The van der Waals surface area contributed by atoms with Gasteiger partial charge in [0.2, 0.25) is 10.0 Å². The van der Waals surface area contributed by atoms with Gasteiger partial charge in [-0.3, -0.25) is 4.90 Å². The number of nitrogens with one attached hydrogen (secondary N) is 1. The molecule has 1 N–H and O–H groups in total. The van der Waals surface area contributed by atoms with E-state index in [0.717, 1.165) is 24.2 Å². The molecule has 3 rings (SSSR count). The third kappa shape index (κ3) is 6.37. The SMILES string of the molecule is CS(=O)(=O)C1CCN(Cc2ccc(S(=O)(=O)NCCc3ccccc3)cc2)CC1. The molecular formula is C21H28N2O4S2. The highest BCUT2D eigenvalue weighted by Gasteiger charge is 2.26. The van der Waals surface area contributed by atoms with Crippen LogP contribution in [0.3, 0.4) is 0 Å². The highest BCUT2D eigenvalue weighted by atomic mass is 32.2. The van der Waals surface area contributed by atoms with Crippen LogP contribution in [0.1, 0.15) is 24.0 Å². The van der Waals surface area contributed by atoms with Gasteiger partial charge in [0.05, 0.1) is 10.1 Å². The molecule has 0 unspecified atom stereocenters. The Hall–Kier alpha value is -1.74. The summed E-state index contributed by atoms with van der Waals surface area (Å²) >= 11 is 0. The van der Waals surface area contributed by atoms with Gasteiger partial charge < -0.3 is 0 Å². The van der Waals surface area contributed by atoms with Crippen LogP contribution in [0.25, 0.3) is 0 Å². The lowest BCUT2D eigenvalue weighted by Crippen LogP contribution is -2.38. The molecule has 1 aliphatic rings. The molecular weight excluding hydrogens is 408 g/mol. The molecule has 1 heterocycles. The summed E-state index contributed by atoms with van der Waals surface area (Å²) < 4.78 is 50.9. The van der Waals surface area contributed by atoms with Crippen molar-refractivity contribution in [2.24, 2.45) is 0 Å². The van der Waals surface area contributed by atoms with Gasteiger partial charge in [-0.15, -0.1) is 0 Å². The maximum atomic E-state index is 12.5. The monoisotopic (exact) mass is 436 g/mol. The lowest BCUT2D eigenvalue weighted by atomic mass is 10.1. The Morgan fingerprint density at radius 1 is 0.897 bits per heavy atom. The Morgan fingerprint density at radius 2 is 1.52 bits per heavy atom. The van der Waals surface area contributed by atoms with Crippen LogP contribution in [-0.2, 0) is 32.8 Å². The van der Waals surface area contributed by atoms with Gasteiger partial charge in [-0.1, -0.05) is 42.5 Å². The quantitative estimate of drug-likeness (QED) is 0.686. The minimum absolute atomic E-state index is 0.242. The Kier molecular flexibility index (Phi) is 7.10. The summed E-state index contributed by atoms with van der Waals surface area (Å²) in [7, 11) is -6.50. The van der Waals surface area contributed by atoms with Crippen LogP contribution in [0, 0.1) is 0 Å². The zero-order chi connectivity index (χ0) is 20.9. The number of benzene rings is 2. The summed E-state index contributed by atoms with van der Waals surface area (Å²) in [5.41, 5.74) is 2.11. The van der Waals surface area contributed by atoms with Crippen LogP contribution in [0.2, 0.25) is 0 Å². The number of sulfonamides is 1. The van der Waals surface area contributed by atoms with Crippen molar-refractivity contribution >= 4 is 19.9 Å². The first-order valence-electron chi connectivity index (χ1n) is 9.78. The predicted octanol–water partition coefficient (Wildman–Crippen LogP) is 2.22. The molecule has 1 fully saturated rings. The van der Waals surface area contributed by atoms with Gasteiger partial charge >= 0.3 is 0 Å². The molecule has 0 atom stereocenters. The molecule has 29 heavy (non-hydrogen) atoms. The van der Waals surface area contributed by atoms with E-state index in [1.54, 1.807) is 12.1 Å². The fourth-order valence-electron chi connectivity index (χ4n) is 3.59. The van der Waals surface area contributed by atoms with Crippen molar-refractivity contribution in [2.45, 2.75) is 36.0 Å². The van der Waals surface area contributed by atoms with Crippen molar-refractivity contribution in [2.75, 3.05) is 25.9 Å². The average Bonchev–Trinajstić information content (AvgIpc) is 2.69. The minimum atomic E-state index is -3.53. The Balaban J connectivity index is 1.51. The lowest BCUT2D eigenvalue weighted by Gasteiger charge is -2.31. The van der Waals surface area contributed by atoms with Crippen LogP contribution >= 0.6 is 0 Å². The number of hydrogen-bond donors (Lipinski definition) is 1. The number of rotatable bonds is 8. The third-order valence-electron chi connectivity index (χ3n) is 5.33. The maximum absolute atomic E-state index is 12.5. The van der Waals surface area contributed by atoms with Gasteiger partial charge in [0.25, 0.3) is 0 Å². The third-order valence-corrected chi connectivity index (χ3v) is 8.49. The number of nitrogens with zero attached hydrogens (tertiary/aromatic N) is 1. The van der Waals surface area contributed by atoms with Gasteiger partial charge in [-0.2, -0.15) is 0 Å². The van der Waals surface area contributed by atoms with Crippen LogP contribution in [-0.4, -0.2) is 52.9 Å². The molecule has 0 aromatic heterocycles. The topological polar surface area (TPSA) is 83.6 Å². The van der Waals surface area contributed by atoms with Crippen LogP contribution < -0.4 is 4.72 Å². The molecule has 158 valence electrons. The van der Waals surface area contributed by atoms with Crippen molar-refractivity contribution in [3.8, 4) is 0 Å². The molecule has 0 bridgehead atoms. The molecule has 8 heteroatoms. The summed E-state index contributed by atoms with van der Waals surface area (Å²) in [6.07, 6.45) is 3.25. The van der Waals surface area contributed by atoms with Gasteiger partial charge in [-0.05, 0) is 55.6 Å². The number of hydrogen-bond acceptors (Lipinski definition) is 5. The normalized spacial score (nSPS) is 16.7. The molecule has 0 spiro atoms. The van der Waals surface area contributed by atoms with Gasteiger partial charge in [0.15, 0.2) is 0 Å². The van der Waals surface area contributed by atoms with Crippen LogP contribution in [0.5, 0.6) is 0 Å². The first kappa shape index (κ1) is 22.0. The second-order valence-corrected chi connectivity index (χ2v) is 11.7. The molecule has 6 nitrogen and oxygen atoms in total. The van der Waals surface area contributed by atoms with E-state index in [9.17, 15) is 16.8 Å². The van der Waals surface area contributed by atoms with Gasteiger partial charge in [-0.25, -0.2) is 21.6 Å².